The number of nitrogens with one attached hydrogen (secondary N) is 1. The summed E-state index contributed by atoms with van der Waals surface area (Å²) in [5, 5.41) is 13.6. The molecular weight excluding hydrogens is 442 g/mol. The minimum atomic E-state index is -0.553. The van der Waals surface area contributed by atoms with E-state index in [4.69, 9.17) is 14.2 Å². The van der Waals surface area contributed by atoms with Crippen molar-refractivity contribution in [1.82, 2.24) is 10.2 Å². The Kier molecular flexibility index (Phi) is 8.80. The van der Waals surface area contributed by atoms with E-state index >= 15 is 0 Å². The van der Waals surface area contributed by atoms with Crippen LogP contribution >= 0.6 is 0 Å². The van der Waals surface area contributed by atoms with E-state index in [1.54, 1.807) is 30.9 Å². The molecule has 2 amide bonds. The van der Waals surface area contributed by atoms with Crippen molar-refractivity contribution in [2.45, 2.75) is 51.7 Å². The number of hydrogen-bond acceptors (Lipinski definition) is 7. The average Bonchev–Trinajstić information content (AvgIpc) is 3.27. The van der Waals surface area contributed by atoms with Crippen molar-refractivity contribution >= 4 is 17.9 Å². The van der Waals surface area contributed by atoms with Gasteiger partial charge in [0.2, 0.25) is 0 Å². The second-order valence-corrected chi connectivity index (χ2v) is 8.01. The largest absolute Gasteiger partial charge is 0.450 e. The number of nitro groups is 1. The van der Waals surface area contributed by atoms with Gasteiger partial charge >= 0.3 is 12.2 Å². The molecule has 2 aromatic rings. The van der Waals surface area contributed by atoms with Gasteiger partial charge in [0.05, 0.1) is 42.9 Å². The summed E-state index contributed by atoms with van der Waals surface area (Å²) in [4.78, 5) is 36.7. The summed E-state index contributed by atoms with van der Waals surface area (Å²) in [5.41, 5.74) is 1.62. The molecule has 0 aromatic heterocycles. The Morgan fingerprint density at radius 1 is 1.09 bits per heavy atom. The van der Waals surface area contributed by atoms with E-state index in [-0.39, 0.29) is 31.0 Å². The molecule has 0 saturated carbocycles. The fourth-order valence-electron chi connectivity index (χ4n) is 3.82. The topological polar surface area (TPSA) is 120 Å². The first kappa shape index (κ1) is 25.0. The van der Waals surface area contributed by atoms with Gasteiger partial charge in [-0.1, -0.05) is 30.3 Å². The van der Waals surface area contributed by atoms with Crippen molar-refractivity contribution < 1.29 is 28.7 Å². The second kappa shape index (κ2) is 12.0. The van der Waals surface area contributed by atoms with Crippen molar-refractivity contribution in [3.8, 4) is 0 Å². The maximum atomic E-state index is 12.9. The number of benzene rings is 2. The number of nitro benzene ring substituents is 1. The summed E-state index contributed by atoms with van der Waals surface area (Å²) in [6, 6.07) is 14.8. The van der Waals surface area contributed by atoms with Crippen LogP contribution in [0.4, 0.5) is 15.3 Å². The molecule has 1 saturated heterocycles. The summed E-state index contributed by atoms with van der Waals surface area (Å²) in [7, 11) is 0. The van der Waals surface area contributed by atoms with Gasteiger partial charge in [-0.2, -0.15) is 0 Å². The lowest BCUT2D eigenvalue weighted by atomic mass is 10.1. The minimum absolute atomic E-state index is 0.0325. The summed E-state index contributed by atoms with van der Waals surface area (Å²) in [6.45, 7) is 4.45. The fourth-order valence-corrected chi connectivity index (χ4v) is 3.82. The lowest BCUT2D eigenvalue weighted by Crippen LogP contribution is -2.49. The third-order valence-corrected chi connectivity index (χ3v) is 5.58. The van der Waals surface area contributed by atoms with Crippen LogP contribution in [0.3, 0.4) is 0 Å². The molecule has 182 valence electrons. The predicted octanol–water partition coefficient (Wildman–Crippen LogP) is 4.03. The number of carbonyl (C=O) groups excluding carboxylic acids is 2. The molecule has 1 N–H and O–H groups in total. The summed E-state index contributed by atoms with van der Waals surface area (Å²) >= 11 is 0. The normalized spacial score (nSPS) is 18.2. The number of carbonyl (C=O) groups is 2. The molecule has 2 aromatic carbocycles. The van der Waals surface area contributed by atoms with Crippen molar-refractivity contribution in [3.05, 3.63) is 75.8 Å². The number of likely N-dealkylation sites (tertiary alicyclic amines) is 1. The van der Waals surface area contributed by atoms with Crippen molar-refractivity contribution in [2.24, 2.45) is 0 Å². The third kappa shape index (κ3) is 6.92. The fraction of sp³-hybridized carbons (Fsp3) is 0.417. The molecule has 3 atom stereocenters. The molecule has 1 heterocycles. The lowest BCUT2D eigenvalue weighted by Gasteiger charge is -2.28. The van der Waals surface area contributed by atoms with E-state index in [0.717, 1.165) is 5.56 Å². The molecule has 0 spiro atoms. The zero-order chi connectivity index (χ0) is 24.5. The van der Waals surface area contributed by atoms with E-state index in [1.807, 2.05) is 30.3 Å². The van der Waals surface area contributed by atoms with Gasteiger partial charge in [0.25, 0.3) is 5.69 Å². The molecule has 1 fully saturated rings. The van der Waals surface area contributed by atoms with E-state index in [1.165, 1.54) is 12.1 Å². The van der Waals surface area contributed by atoms with Crippen molar-refractivity contribution in [3.63, 3.8) is 0 Å². The van der Waals surface area contributed by atoms with Crippen LogP contribution in [-0.2, 0) is 27.4 Å². The molecule has 3 rings (SSSR count). The Balaban J connectivity index is 1.63. The highest BCUT2D eigenvalue weighted by Crippen LogP contribution is 2.25. The molecule has 34 heavy (non-hydrogen) atoms. The van der Waals surface area contributed by atoms with Crippen LogP contribution in [0.15, 0.2) is 54.6 Å². The number of nitrogens with zero attached hydrogens (tertiary/aromatic N) is 2. The molecule has 0 radical (unpaired) electrons. The van der Waals surface area contributed by atoms with Gasteiger partial charge in [-0.3, -0.25) is 10.1 Å². The van der Waals surface area contributed by atoms with E-state index in [9.17, 15) is 19.7 Å². The highest BCUT2D eigenvalue weighted by atomic mass is 16.6. The average molecular weight is 472 g/mol. The van der Waals surface area contributed by atoms with Gasteiger partial charge in [0, 0.05) is 12.1 Å². The third-order valence-electron chi connectivity index (χ3n) is 5.58. The van der Waals surface area contributed by atoms with Crippen LogP contribution in [0.1, 0.15) is 31.4 Å². The van der Waals surface area contributed by atoms with Crippen LogP contribution < -0.4 is 5.32 Å². The standard InChI is InChI=1S/C24H29N3O7/c1-3-32-23(28)25-17(2)22-13-21(33-15-18-7-5-4-6-8-18)14-26(22)24(29)34-16-19-9-11-20(12-10-19)27(30)31/h4-12,17,21-22H,3,13-16H2,1-2H3,(H,25,28)/t17?,21-,22+/m1/s1. The smallest absolute Gasteiger partial charge is 0.410 e. The number of ether oxygens (including phenoxy) is 3. The van der Waals surface area contributed by atoms with Gasteiger partial charge in [-0.25, -0.2) is 9.59 Å². The quantitative estimate of drug-likeness (QED) is 0.433. The first-order valence-corrected chi connectivity index (χ1v) is 11.1. The van der Waals surface area contributed by atoms with Crippen LogP contribution in [0, 0.1) is 10.1 Å². The van der Waals surface area contributed by atoms with E-state index in [0.29, 0.717) is 25.1 Å². The summed E-state index contributed by atoms with van der Waals surface area (Å²) in [5.74, 6) is 0. The molecule has 1 aliphatic rings. The second-order valence-electron chi connectivity index (χ2n) is 8.01. The Bertz CT molecular complexity index is 968. The monoisotopic (exact) mass is 471 g/mol. The number of hydrogen-bond donors (Lipinski definition) is 1. The Morgan fingerprint density at radius 2 is 1.76 bits per heavy atom. The van der Waals surface area contributed by atoms with Crippen LogP contribution in [0.25, 0.3) is 0 Å². The first-order chi connectivity index (χ1) is 16.4. The van der Waals surface area contributed by atoms with Crippen LogP contribution in [0.2, 0.25) is 0 Å². The molecule has 0 aliphatic carbocycles. The highest BCUT2D eigenvalue weighted by Gasteiger charge is 2.40. The summed E-state index contributed by atoms with van der Waals surface area (Å²) < 4.78 is 16.5. The van der Waals surface area contributed by atoms with Crippen molar-refractivity contribution in [2.75, 3.05) is 13.2 Å². The Morgan fingerprint density at radius 3 is 2.41 bits per heavy atom. The lowest BCUT2D eigenvalue weighted by molar-refractivity contribution is -0.384. The van der Waals surface area contributed by atoms with Crippen molar-refractivity contribution in [1.29, 1.82) is 0 Å². The number of rotatable bonds is 9. The van der Waals surface area contributed by atoms with Gasteiger partial charge in [0.1, 0.15) is 6.61 Å². The van der Waals surface area contributed by atoms with E-state index < -0.39 is 23.2 Å². The molecule has 0 bridgehead atoms. The maximum absolute atomic E-state index is 12.9. The summed E-state index contributed by atoms with van der Waals surface area (Å²) in [6.07, 6.45) is -0.814. The predicted molar refractivity (Wildman–Crippen MR) is 123 cm³/mol. The SMILES string of the molecule is CCOC(=O)NC(C)[C@@H]1C[C@@H](OCc2ccccc2)CN1C(=O)OCc1ccc([N+](=O)[O-])cc1. The molecule has 10 heteroatoms. The van der Waals surface area contributed by atoms with Gasteiger partial charge < -0.3 is 24.4 Å². The zero-order valence-electron chi connectivity index (χ0n) is 19.2. The molecular formula is C24H29N3O7. The zero-order valence-corrected chi connectivity index (χ0v) is 19.2. The van der Waals surface area contributed by atoms with Gasteiger partial charge in [-0.05, 0) is 43.5 Å². The molecule has 1 unspecified atom stereocenters. The first-order valence-electron chi connectivity index (χ1n) is 11.1. The van der Waals surface area contributed by atoms with E-state index in [2.05, 4.69) is 5.32 Å². The van der Waals surface area contributed by atoms with Crippen LogP contribution in [-0.4, -0.2) is 53.3 Å². The number of alkyl carbamates (subject to hydrolysis) is 1. The van der Waals surface area contributed by atoms with Gasteiger partial charge in [-0.15, -0.1) is 0 Å². The van der Waals surface area contributed by atoms with Crippen LogP contribution in [0.5, 0.6) is 0 Å². The maximum Gasteiger partial charge on any atom is 0.410 e. The Labute approximate surface area is 197 Å². The molecule has 10 nitrogen and oxygen atoms in total. The highest BCUT2D eigenvalue weighted by molar-refractivity contribution is 5.70. The number of non-ortho nitro benzene ring substituents is 1. The molecule has 1 aliphatic heterocycles. The Hall–Kier alpha value is -3.66. The number of amides is 2. The minimum Gasteiger partial charge on any atom is -0.450 e. The van der Waals surface area contributed by atoms with Gasteiger partial charge in [0.15, 0.2) is 0 Å².